The summed E-state index contributed by atoms with van der Waals surface area (Å²) in [6, 6.07) is 1.85. The molecule has 0 saturated heterocycles. The summed E-state index contributed by atoms with van der Waals surface area (Å²) in [6.45, 7) is 2.48. The number of nitrogens with zero attached hydrogens (tertiary/aromatic N) is 5. The summed E-state index contributed by atoms with van der Waals surface area (Å²) in [5, 5.41) is 8.61. The lowest BCUT2D eigenvalue weighted by Gasteiger charge is -2.28. The molecule has 0 fully saturated rings. The zero-order valence-electron chi connectivity index (χ0n) is 8.85. The van der Waals surface area contributed by atoms with Gasteiger partial charge in [-0.15, -0.1) is 10.2 Å². The molecule has 0 bridgehead atoms. The van der Waals surface area contributed by atoms with Crippen LogP contribution in [0.2, 0.25) is 5.02 Å². The lowest BCUT2D eigenvalue weighted by Crippen LogP contribution is -2.34. The minimum Gasteiger partial charge on any atom is -0.346 e. The molecule has 1 aliphatic rings. The van der Waals surface area contributed by atoms with Crippen molar-refractivity contribution in [3.63, 3.8) is 0 Å². The minimum absolute atomic E-state index is 0.626. The third-order valence-corrected chi connectivity index (χ3v) is 3.52. The zero-order chi connectivity index (χ0) is 11.8. The van der Waals surface area contributed by atoms with Gasteiger partial charge in [0.1, 0.15) is 12.1 Å². The van der Waals surface area contributed by atoms with Gasteiger partial charge in [-0.25, -0.2) is 4.98 Å². The Morgan fingerprint density at radius 1 is 1.35 bits per heavy atom. The summed E-state index contributed by atoms with van der Waals surface area (Å²) in [5.41, 5.74) is 0. The van der Waals surface area contributed by atoms with E-state index in [1.165, 1.54) is 0 Å². The monoisotopic (exact) mass is 313 g/mol. The van der Waals surface area contributed by atoms with Gasteiger partial charge in [-0.1, -0.05) is 11.6 Å². The van der Waals surface area contributed by atoms with Crippen LogP contribution in [0.15, 0.2) is 23.1 Å². The maximum Gasteiger partial charge on any atom is 0.152 e. The minimum atomic E-state index is 0.626. The number of hydrogen-bond acceptors (Lipinski definition) is 4. The van der Waals surface area contributed by atoms with Crippen LogP contribution in [0.1, 0.15) is 5.82 Å². The Morgan fingerprint density at radius 3 is 3.06 bits per heavy atom. The standard InChI is InChI=1S/C10H9BrClN5/c11-8-3-7(12)4-13-10(8)16-1-2-17-6-14-15-9(17)5-16/h3-4,6H,1-2,5H2. The van der Waals surface area contributed by atoms with Crippen LogP contribution in [0.3, 0.4) is 0 Å². The number of pyridine rings is 1. The van der Waals surface area contributed by atoms with E-state index in [0.29, 0.717) is 11.6 Å². The smallest absolute Gasteiger partial charge is 0.152 e. The van der Waals surface area contributed by atoms with Crippen LogP contribution < -0.4 is 4.90 Å². The van der Waals surface area contributed by atoms with Gasteiger partial charge in [-0.2, -0.15) is 0 Å². The molecule has 2 aromatic rings. The molecule has 5 nitrogen and oxygen atoms in total. The number of rotatable bonds is 1. The Bertz CT molecular complexity index is 555. The highest BCUT2D eigenvalue weighted by atomic mass is 79.9. The topological polar surface area (TPSA) is 46.8 Å². The molecule has 1 aliphatic heterocycles. The molecule has 0 radical (unpaired) electrons. The summed E-state index contributed by atoms with van der Waals surface area (Å²) >= 11 is 9.36. The van der Waals surface area contributed by atoms with Crippen molar-refractivity contribution in [3.05, 3.63) is 33.9 Å². The molecule has 3 heterocycles. The molecular formula is C10H9BrClN5. The van der Waals surface area contributed by atoms with Gasteiger partial charge >= 0.3 is 0 Å². The summed E-state index contributed by atoms with van der Waals surface area (Å²) < 4.78 is 2.96. The van der Waals surface area contributed by atoms with Crippen LogP contribution in [-0.2, 0) is 13.1 Å². The summed E-state index contributed by atoms with van der Waals surface area (Å²) in [6.07, 6.45) is 3.41. The van der Waals surface area contributed by atoms with Crippen LogP contribution in [-0.4, -0.2) is 26.3 Å². The summed E-state index contributed by atoms with van der Waals surface area (Å²) in [5.74, 6) is 1.85. The molecular weight excluding hydrogens is 306 g/mol. The van der Waals surface area contributed by atoms with E-state index in [-0.39, 0.29) is 0 Å². The molecule has 17 heavy (non-hydrogen) atoms. The van der Waals surface area contributed by atoms with E-state index in [1.54, 1.807) is 12.5 Å². The van der Waals surface area contributed by atoms with Gasteiger partial charge in [-0.3, -0.25) is 0 Å². The molecule has 3 rings (SSSR count). The van der Waals surface area contributed by atoms with Crippen molar-refractivity contribution in [2.24, 2.45) is 0 Å². The molecule has 0 amide bonds. The fourth-order valence-electron chi connectivity index (χ4n) is 1.89. The zero-order valence-corrected chi connectivity index (χ0v) is 11.2. The number of aromatic nitrogens is 4. The highest BCUT2D eigenvalue weighted by Crippen LogP contribution is 2.28. The van der Waals surface area contributed by atoms with Gasteiger partial charge < -0.3 is 9.47 Å². The van der Waals surface area contributed by atoms with E-state index >= 15 is 0 Å². The quantitative estimate of drug-likeness (QED) is 0.809. The Kier molecular flexibility index (Phi) is 2.76. The van der Waals surface area contributed by atoms with Gasteiger partial charge in [0.05, 0.1) is 16.0 Å². The van der Waals surface area contributed by atoms with E-state index < -0.39 is 0 Å². The predicted molar refractivity (Wildman–Crippen MR) is 68.0 cm³/mol. The third-order valence-electron chi connectivity index (χ3n) is 2.73. The van der Waals surface area contributed by atoms with Crippen LogP contribution in [0.5, 0.6) is 0 Å². The predicted octanol–water partition coefficient (Wildman–Crippen LogP) is 2.11. The van der Waals surface area contributed by atoms with E-state index in [2.05, 4.69) is 40.6 Å². The fraction of sp³-hybridized carbons (Fsp3) is 0.300. The van der Waals surface area contributed by atoms with E-state index in [0.717, 1.165) is 29.2 Å². The van der Waals surface area contributed by atoms with Crippen molar-refractivity contribution < 1.29 is 0 Å². The number of fused-ring (bicyclic) bond motifs is 1. The molecule has 88 valence electrons. The second kappa shape index (κ2) is 4.27. The normalized spacial score (nSPS) is 14.8. The van der Waals surface area contributed by atoms with Crippen molar-refractivity contribution in [1.29, 1.82) is 0 Å². The molecule has 0 saturated carbocycles. The molecule has 0 aromatic carbocycles. The van der Waals surface area contributed by atoms with Gasteiger partial charge in [0.2, 0.25) is 0 Å². The Labute approximate surface area is 112 Å². The molecule has 0 spiro atoms. The largest absolute Gasteiger partial charge is 0.346 e. The van der Waals surface area contributed by atoms with Crippen LogP contribution >= 0.6 is 27.5 Å². The Hall–Kier alpha value is -1.14. The van der Waals surface area contributed by atoms with Crippen LogP contribution in [0.25, 0.3) is 0 Å². The van der Waals surface area contributed by atoms with Crippen molar-refractivity contribution in [2.45, 2.75) is 13.1 Å². The summed E-state index contributed by atoms with van der Waals surface area (Å²) in [7, 11) is 0. The van der Waals surface area contributed by atoms with Gasteiger partial charge in [0, 0.05) is 19.3 Å². The van der Waals surface area contributed by atoms with Crippen molar-refractivity contribution >= 4 is 33.3 Å². The van der Waals surface area contributed by atoms with Crippen LogP contribution in [0, 0.1) is 0 Å². The molecule has 7 heteroatoms. The van der Waals surface area contributed by atoms with Gasteiger partial charge in [0.15, 0.2) is 5.82 Å². The van der Waals surface area contributed by atoms with Crippen molar-refractivity contribution in [2.75, 3.05) is 11.4 Å². The van der Waals surface area contributed by atoms with Crippen molar-refractivity contribution in [1.82, 2.24) is 19.7 Å². The average molecular weight is 315 g/mol. The van der Waals surface area contributed by atoms with Crippen LogP contribution in [0.4, 0.5) is 5.82 Å². The van der Waals surface area contributed by atoms with E-state index in [1.807, 2.05) is 6.07 Å². The molecule has 0 unspecified atom stereocenters. The second-order valence-electron chi connectivity index (χ2n) is 3.82. The molecule has 0 atom stereocenters. The third kappa shape index (κ3) is 2.02. The number of anilines is 1. The van der Waals surface area contributed by atoms with Crippen molar-refractivity contribution in [3.8, 4) is 0 Å². The summed E-state index contributed by atoms with van der Waals surface area (Å²) in [4.78, 5) is 6.51. The first kappa shape index (κ1) is 11.0. The van der Waals surface area contributed by atoms with E-state index in [4.69, 9.17) is 11.6 Å². The first-order chi connectivity index (χ1) is 8.24. The highest BCUT2D eigenvalue weighted by Gasteiger charge is 2.20. The molecule has 2 aromatic heterocycles. The Balaban J connectivity index is 1.91. The molecule has 0 N–H and O–H groups in total. The Morgan fingerprint density at radius 2 is 2.24 bits per heavy atom. The maximum atomic E-state index is 5.88. The maximum absolute atomic E-state index is 5.88. The average Bonchev–Trinajstić information content (AvgIpc) is 2.75. The number of halogens is 2. The lowest BCUT2D eigenvalue weighted by atomic mass is 10.3. The first-order valence-corrected chi connectivity index (χ1v) is 6.34. The highest BCUT2D eigenvalue weighted by molar-refractivity contribution is 9.10. The van der Waals surface area contributed by atoms with Gasteiger partial charge in [-0.05, 0) is 22.0 Å². The number of hydrogen-bond donors (Lipinski definition) is 0. The first-order valence-electron chi connectivity index (χ1n) is 5.17. The van der Waals surface area contributed by atoms with Gasteiger partial charge in [0.25, 0.3) is 0 Å². The SMILES string of the molecule is Clc1cnc(N2CCn3cnnc3C2)c(Br)c1. The molecule has 0 aliphatic carbocycles. The second-order valence-corrected chi connectivity index (χ2v) is 5.11. The van der Waals surface area contributed by atoms with E-state index in [9.17, 15) is 0 Å². The lowest BCUT2D eigenvalue weighted by molar-refractivity contribution is 0.555. The fourth-order valence-corrected chi connectivity index (χ4v) is 2.78.